The van der Waals surface area contributed by atoms with Crippen LogP contribution in [0.3, 0.4) is 0 Å². The first-order valence-corrected chi connectivity index (χ1v) is 6.48. The highest BCUT2D eigenvalue weighted by Gasteiger charge is 2.17. The first-order valence-electron chi connectivity index (χ1n) is 5.12. The van der Waals surface area contributed by atoms with Crippen molar-refractivity contribution in [1.29, 1.82) is 0 Å². The summed E-state index contributed by atoms with van der Waals surface area (Å²) in [4.78, 5) is 3.84. The fraction of sp³-hybridized carbons (Fsp3) is 0.182. The van der Waals surface area contributed by atoms with Crippen molar-refractivity contribution in [3.05, 3.63) is 42.5 Å². The van der Waals surface area contributed by atoms with E-state index in [9.17, 15) is 8.42 Å². The molecule has 0 N–H and O–H groups in total. The van der Waals surface area contributed by atoms with Gasteiger partial charge < -0.3 is 8.92 Å². The lowest BCUT2D eigenvalue weighted by Crippen LogP contribution is -2.19. The molecular weight excluding hydrogens is 256 g/mol. The second kappa shape index (κ2) is 4.69. The van der Waals surface area contributed by atoms with E-state index in [2.05, 4.69) is 4.98 Å². The average Bonchev–Trinajstić information content (AvgIpc) is 2.77. The highest BCUT2D eigenvalue weighted by molar-refractivity contribution is 7.85. The van der Waals surface area contributed by atoms with Crippen LogP contribution in [0, 0.1) is 6.92 Å². The predicted octanol–water partition coefficient (Wildman–Crippen LogP) is 1.37. The molecule has 0 bridgehead atoms. The molecule has 7 heteroatoms. The predicted molar refractivity (Wildman–Crippen MR) is 64.9 cm³/mol. The van der Waals surface area contributed by atoms with Crippen LogP contribution in [0.25, 0.3) is 0 Å². The van der Waals surface area contributed by atoms with Crippen molar-refractivity contribution in [3.63, 3.8) is 0 Å². The molecule has 0 spiro atoms. The summed E-state index contributed by atoms with van der Waals surface area (Å²) in [5, 5.41) is 0. The molecule has 0 saturated heterocycles. The van der Waals surface area contributed by atoms with Gasteiger partial charge in [-0.1, -0.05) is 0 Å². The van der Waals surface area contributed by atoms with Gasteiger partial charge in [0.1, 0.15) is 17.3 Å². The van der Waals surface area contributed by atoms with E-state index in [0.717, 1.165) is 3.97 Å². The molecular formula is C11H12N2O4S. The highest BCUT2D eigenvalue weighted by atomic mass is 32.2. The van der Waals surface area contributed by atoms with Crippen molar-refractivity contribution >= 4 is 10.3 Å². The molecule has 18 heavy (non-hydrogen) atoms. The number of hydrogen-bond donors (Lipinski definition) is 0. The zero-order valence-electron chi connectivity index (χ0n) is 9.90. The molecule has 1 heterocycles. The van der Waals surface area contributed by atoms with Gasteiger partial charge in [0.25, 0.3) is 0 Å². The van der Waals surface area contributed by atoms with Crippen LogP contribution in [0.5, 0.6) is 11.5 Å². The standard InChI is InChI=1S/C11H12N2O4S/c1-9-12-7-8-13(9)18(14,15)17-11-5-3-10(16-2)4-6-11/h3-8H,1-2H3. The molecule has 1 aromatic heterocycles. The van der Waals surface area contributed by atoms with Gasteiger partial charge in [0.2, 0.25) is 0 Å². The zero-order chi connectivity index (χ0) is 13.2. The van der Waals surface area contributed by atoms with Gasteiger partial charge in [-0.25, -0.2) is 4.98 Å². The normalized spacial score (nSPS) is 11.2. The van der Waals surface area contributed by atoms with Crippen molar-refractivity contribution in [2.45, 2.75) is 6.92 Å². The fourth-order valence-corrected chi connectivity index (χ4v) is 2.40. The summed E-state index contributed by atoms with van der Waals surface area (Å²) in [5.74, 6) is 1.17. The molecule has 0 aliphatic carbocycles. The summed E-state index contributed by atoms with van der Waals surface area (Å²) in [7, 11) is -2.38. The van der Waals surface area contributed by atoms with Gasteiger partial charge in [0.05, 0.1) is 7.11 Å². The third-order valence-corrected chi connectivity index (χ3v) is 3.56. The third kappa shape index (κ3) is 2.45. The smallest absolute Gasteiger partial charge is 0.414 e. The number of nitrogens with zero attached hydrogens (tertiary/aromatic N) is 2. The first kappa shape index (κ1) is 12.4. The quantitative estimate of drug-likeness (QED) is 0.837. The summed E-state index contributed by atoms with van der Waals surface area (Å²) in [6, 6.07) is 6.27. The largest absolute Gasteiger partial charge is 0.497 e. The van der Waals surface area contributed by atoms with E-state index in [-0.39, 0.29) is 5.75 Å². The topological polar surface area (TPSA) is 70.4 Å². The molecule has 1 aromatic carbocycles. The maximum absolute atomic E-state index is 11.9. The highest BCUT2D eigenvalue weighted by Crippen LogP contribution is 2.19. The molecule has 2 aromatic rings. The molecule has 0 unspecified atom stereocenters. The maximum atomic E-state index is 11.9. The number of imidazole rings is 1. The zero-order valence-corrected chi connectivity index (χ0v) is 10.7. The number of rotatable bonds is 4. The minimum Gasteiger partial charge on any atom is -0.497 e. The van der Waals surface area contributed by atoms with E-state index in [0.29, 0.717) is 11.6 Å². The van der Waals surface area contributed by atoms with E-state index in [1.54, 1.807) is 19.1 Å². The van der Waals surface area contributed by atoms with Gasteiger partial charge >= 0.3 is 10.3 Å². The summed E-state index contributed by atoms with van der Waals surface area (Å²) in [6.07, 6.45) is 2.72. The average molecular weight is 268 g/mol. The minimum absolute atomic E-state index is 0.212. The lowest BCUT2D eigenvalue weighted by molar-refractivity contribution is 0.413. The second-order valence-electron chi connectivity index (χ2n) is 3.49. The molecule has 0 fully saturated rings. The molecule has 0 amide bonds. The number of aryl methyl sites for hydroxylation is 1. The molecule has 0 saturated carbocycles. The van der Waals surface area contributed by atoms with Crippen LogP contribution in [0.1, 0.15) is 5.82 Å². The van der Waals surface area contributed by atoms with Crippen LogP contribution in [-0.2, 0) is 10.3 Å². The Morgan fingerprint density at radius 3 is 2.28 bits per heavy atom. The Hall–Kier alpha value is -2.02. The number of benzene rings is 1. The molecule has 0 aliphatic rings. The molecule has 0 aliphatic heterocycles. The minimum atomic E-state index is -3.91. The van der Waals surface area contributed by atoms with E-state index in [4.69, 9.17) is 8.92 Å². The summed E-state index contributed by atoms with van der Waals surface area (Å²) in [5.41, 5.74) is 0. The van der Waals surface area contributed by atoms with Gasteiger partial charge in [-0.05, 0) is 31.2 Å². The molecule has 0 atom stereocenters. The van der Waals surface area contributed by atoms with Crippen LogP contribution in [-0.4, -0.2) is 24.5 Å². The second-order valence-corrected chi connectivity index (χ2v) is 4.90. The van der Waals surface area contributed by atoms with Crippen LogP contribution < -0.4 is 8.92 Å². The Kier molecular flexibility index (Phi) is 3.24. The van der Waals surface area contributed by atoms with Crippen molar-refractivity contribution in [2.75, 3.05) is 7.11 Å². The first-order chi connectivity index (χ1) is 8.53. The number of ether oxygens (including phenoxy) is 1. The fourth-order valence-electron chi connectivity index (χ4n) is 1.40. The Morgan fingerprint density at radius 1 is 1.17 bits per heavy atom. The summed E-state index contributed by atoms with van der Waals surface area (Å²) in [6.45, 7) is 1.58. The number of methoxy groups -OCH3 is 1. The van der Waals surface area contributed by atoms with Crippen LogP contribution in [0.2, 0.25) is 0 Å². The number of aromatic nitrogens is 2. The van der Waals surface area contributed by atoms with Crippen LogP contribution >= 0.6 is 0 Å². The maximum Gasteiger partial charge on any atom is 0.414 e. The van der Waals surface area contributed by atoms with Gasteiger partial charge in [-0.15, -0.1) is 0 Å². The molecule has 0 radical (unpaired) electrons. The number of hydrogen-bond acceptors (Lipinski definition) is 5. The van der Waals surface area contributed by atoms with Crippen molar-refractivity contribution < 1.29 is 17.3 Å². The van der Waals surface area contributed by atoms with Crippen molar-refractivity contribution in [3.8, 4) is 11.5 Å². The van der Waals surface area contributed by atoms with E-state index >= 15 is 0 Å². The third-order valence-electron chi connectivity index (χ3n) is 2.28. The van der Waals surface area contributed by atoms with Crippen LogP contribution in [0.15, 0.2) is 36.7 Å². The molecule has 96 valence electrons. The van der Waals surface area contributed by atoms with Gasteiger partial charge in [-0.2, -0.15) is 12.4 Å². The van der Waals surface area contributed by atoms with Gasteiger partial charge in [0, 0.05) is 12.4 Å². The van der Waals surface area contributed by atoms with Crippen molar-refractivity contribution in [2.24, 2.45) is 0 Å². The van der Waals surface area contributed by atoms with Crippen LogP contribution in [0.4, 0.5) is 0 Å². The Morgan fingerprint density at radius 2 is 1.78 bits per heavy atom. The van der Waals surface area contributed by atoms with E-state index in [1.165, 1.54) is 31.6 Å². The lowest BCUT2D eigenvalue weighted by atomic mass is 10.3. The lowest BCUT2D eigenvalue weighted by Gasteiger charge is -2.08. The van der Waals surface area contributed by atoms with E-state index < -0.39 is 10.3 Å². The van der Waals surface area contributed by atoms with Crippen molar-refractivity contribution in [1.82, 2.24) is 8.96 Å². The van der Waals surface area contributed by atoms with E-state index in [1.807, 2.05) is 0 Å². The SMILES string of the molecule is COc1ccc(OS(=O)(=O)n2ccnc2C)cc1. The Labute approximate surface area is 105 Å². The molecule has 6 nitrogen and oxygen atoms in total. The van der Waals surface area contributed by atoms with Gasteiger partial charge in [-0.3, -0.25) is 0 Å². The monoisotopic (exact) mass is 268 g/mol. The Balaban J connectivity index is 2.25. The Bertz CT molecular complexity index is 631. The molecule has 2 rings (SSSR count). The van der Waals surface area contributed by atoms with Gasteiger partial charge in [0.15, 0.2) is 0 Å². The summed E-state index contributed by atoms with van der Waals surface area (Å²) < 4.78 is 34.7. The summed E-state index contributed by atoms with van der Waals surface area (Å²) >= 11 is 0.